The van der Waals surface area contributed by atoms with Gasteiger partial charge in [0.15, 0.2) is 0 Å². The van der Waals surface area contributed by atoms with Crippen molar-refractivity contribution < 1.29 is 9.53 Å². The fourth-order valence-corrected chi connectivity index (χ4v) is 1.53. The van der Waals surface area contributed by atoms with Crippen LogP contribution in [0.15, 0.2) is 29.2 Å². The van der Waals surface area contributed by atoms with Gasteiger partial charge in [0.1, 0.15) is 12.0 Å². The number of benzene rings is 1. The predicted octanol–water partition coefficient (Wildman–Crippen LogP) is 0.604. The maximum Gasteiger partial charge on any atom is 0.269 e. The van der Waals surface area contributed by atoms with Crippen LogP contribution >= 0.6 is 0 Å². The normalized spacial score (nSPS) is 10.3. The SMILES string of the molecule is COc1ccc2ncc(=O)n(CC=O)c2c1. The first-order valence-electron chi connectivity index (χ1n) is 4.73. The molecule has 5 heteroatoms. The summed E-state index contributed by atoms with van der Waals surface area (Å²) in [6.07, 6.45) is 1.89. The van der Waals surface area contributed by atoms with Crippen LogP contribution in [-0.2, 0) is 11.3 Å². The van der Waals surface area contributed by atoms with Crippen LogP contribution in [-0.4, -0.2) is 22.9 Å². The maximum atomic E-state index is 11.5. The van der Waals surface area contributed by atoms with Crippen LogP contribution in [0, 0.1) is 0 Å². The fraction of sp³-hybridized carbons (Fsp3) is 0.182. The molecule has 0 fully saturated rings. The largest absolute Gasteiger partial charge is 0.497 e. The highest BCUT2D eigenvalue weighted by molar-refractivity contribution is 5.77. The van der Waals surface area contributed by atoms with Gasteiger partial charge in [-0.05, 0) is 12.1 Å². The van der Waals surface area contributed by atoms with E-state index < -0.39 is 0 Å². The highest BCUT2D eigenvalue weighted by Gasteiger charge is 2.04. The number of hydrogen-bond acceptors (Lipinski definition) is 4. The Morgan fingerprint density at radius 3 is 3.00 bits per heavy atom. The zero-order valence-corrected chi connectivity index (χ0v) is 8.71. The number of fused-ring (bicyclic) bond motifs is 1. The Kier molecular flexibility index (Phi) is 2.68. The molecule has 16 heavy (non-hydrogen) atoms. The van der Waals surface area contributed by atoms with Gasteiger partial charge in [-0.2, -0.15) is 0 Å². The topological polar surface area (TPSA) is 61.2 Å². The van der Waals surface area contributed by atoms with Crippen LogP contribution in [0.5, 0.6) is 5.75 Å². The Morgan fingerprint density at radius 1 is 1.50 bits per heavy atom. The molecule has 0 saturated carbocycles. The molecule has 0 bridgehead atoms. The van der Waals surface area contributed by atoms with E-state index in [9.17, 15) is 9.59 Å². The molecule has 0 spiro atoms. The number of nitrogens with zero attached hydrogens (tertiary/aromatic N) is 2. The Morgan fingerprint density at radius 2 is 2.31 bits per heavy atom. The van der Waals surface area contributed by atoms with E-state index in [1.165, 1.54) is 10.8 Å². The average molecular weight is 218 g/mol. The number of carbonyl (C=O) groups is 1. The molecule has 2 rings (SSSR count). The summed E-state index contributed by atoms with van der Waals surface area (Å²) < 4.78 is 6.42. The Balaban J connectivity index is 2.77. The van der Waals surface area contributed by atoms with Crippen molar-refractivity contribution in [2.75, 3.05) is 7.11 Å². The first-order valence-corrected chi connectivity index (χ1v) is 4.73. The van der Waals surface area contributed by atoms with E-state index in [1.807, 2.05) is 0 Å². The van der Waals surface area contributed by atoms with Gasteiger partial charge in [0, 0.05) is 6.07 Å². The van der Waals surface area contributed by atoms with Crippen molar-refractivity contribution in [1.82, 2.24) is 9.55 Å². The van der Waals surface area contributed by atoms with Gasteiger partial charge in [0.25, 0.3) is 5.56 Å². The quantitative estimate of drug-likeness (QED) is 0.708. The second-order valence-electron chi connectivity index (χ2n) is 3.23. The number of aldehydes is 1. The third kappa shape index (κ3) is 1.67. The van der Waals surface area contributed by atoms with Crippen molar-refractivity contribution in [2.24, 2.45) is 0 Å². The standard InChI is InChI=1S/C11H10N2O3/c1-16-8-2-3-9-10(6-8)13(4-5-14)11(15)7-12-9/h2-3,5-7H,4H2,1H3. The molecule has 0 aliphatic carbocycles. The zero-order valence-electron chi connectivity index (χ0n) is 8.71. The lowest BCUT2D eigenvalue weighted by molar-refractivity contribution is -0.108. The Labute approximate surface area is 91.3 Å². The van der Waals surface area contributed by atoms with E-state index in [-0.39, 0.29) is 12.1 Å². The molecular weight excluding hydrogens is 208 g/mol. The summed E-state index contributed by atoms with van der Waals surface area (Å²) in [7, 11) is 1.54. The first kappa shape index (κ1) is 10.4. The van der Waals surface area contributed by atoms with Crippen molar-refractivity contribution in [2.45, 2.75) is 6.54 Å². The molecule has 0 atom stereocenters. The minimum atomic E-state index is -0.298. The highest BCUT2D eigenvalue weighted by atomic mass is 16.5. The van der Waals surface area contributed by atoms with Crippen LogP contribution in [0.3, 0.4) is 0 Å². The van der Waals surface area contributed by atoms with Gasteiger partial charge in [-0.1, -0.05) is 0 Å². The Bertz CT molecular complexity index is 589. The van der Waals surface area contributed by atoms with Crippen molar-refractivity contribution in [3.8, 4) is 5.75 Å². The first-order chi connectivity index (χ1) is 7.76. The third-order valence-electron chi connectivity index (χ3n) is 2.31. The molecule has 82 valence electrons. The second kappa shape index (κ2) is 4.14. The molecule has 0 unspecified atom stereocenters. The lowest BCUT2D eigenvalue weighted by atomic mass is 10.2. The molecule has 1 aromatic carbocycles. The minimum Gasteiger partial charge on any atom is -0.497 e. The summed E-state index contributed by atoms with van der Waals surface area (Å²) in [5.41, 5.74) is 0.953. The van der Waals surface area contributed by atoms with Gasteiger partial charge in [-0.3, -0.25) is 9.36 Å². The molecular formula is C11H10N2O3. The molecule has 0 aliphatic rings. The van der Waals surface area contributed by atoms with Crippen LogP contribution in [0.1, 0.15) is 0 Å². The summed E-state index contributed by atoms with van der Waals surface area (Å²) in [6, 6.07) is 5.19. The summed E-state index contributed by atoms with van der Waals surface area (Å²) >= 11 is 0. The summed E-state index contributed by atoms with van der Waals surface area (Å²) in [5.74, 6) is 0.625. The molecule has 0 radical (unpaired) electrons. The van der Waals surface area contributed by atoms with Crippen LogP contribution in [0.2, 0.25) is 0 Å². The van der Waals surface area contributed by atoms with Crippen molar-refractivity contribution >= 4 is 17.3 Å². The van der Waals surface area contributed by atoms with Gasteiger partial charge in [-0.15, -0.1) is 0 Å². The lowest BCUT2D eigenvalue weighted by Crippen LogP contribution is -2.21. The van der Waals surface area contributed by atoms with E-state index in [4.69, 9.17) is 4.74 Å². The van der Waals surface area contributed by atoms with Gasteiger partial charge in [-0.25, -0.2) is 4.98 Å². The number of ether oxygens (including phenoxy) is 1. The third-order valence-corrected chi connectivity index (χ3v) is 2.31. The van der Waals surface area contributed by atoms with E-state index >= 15 is 0 Å². The van der Waals surface area contributed by atoms with Crippen molar-refractivity contribution in [3.05, 3.63) is 34.7 Å². The monoisotopic (exact) mass is 218 g/mol. The molecule has 1 heterocycles. The number of methoxy groups -OCH3 is 1. The molecule has 0 N–H and O–H groups in total. The zero-order chi connectivity index (χ0) is 11.5. The minimum absolute atomic E-state index is 0.0189. The second-order valence-corrected chi connectivity index (χ2v) is 3.23. The fourth-order valence-electron chi connectivity index (χ4n) is 1.53. The van der Waals surface area contributed by atoms with Gasteiger partial charge in [0.05, 0.1) is 30.9 Å². The molecule has 5 nitrogen and oxygen atoms in total. The lowest BCUT2D eigenvalue weighted by Gasteiger charge is -2.07. The van der Waals surface area contributed by atoms with Gasteiger partial charge in [0.2, 0.25) is 0 Å². The predicted molar refractivity (Wildman–Crippen MR) is 58.6 cm³/mol. The molecule has 1 aromatic heterocycles. The van der Waals surface area contributed by atoms with E-state index in [1.54, 1.807) is 25.3 Å². The van der Waals surface area contributed by atoms with Gasteiger partial charge >= 0.3 is 0 Å². The van der Waals surface area contributed by atoms with Crippen LogP contribution < -0.4 is 10.3 Å². The van der Waals surface area contributed by atoms with Gasteiger partial charge < -0.3 is 9.53 Å². The Hall–Kier alpha value is -2.17. The van der Waals surface area contributed by atoms with Crippen molar-refractivity contribution in [3.63, 3.8) is 0 Å². The molecule has 2 aromatic rings. The molecule has 0 aliphatic heterocycles. The molecule has 0 saturated heterocycles. The summed E-state index contributed by atoms with van der Waals surface area (Å²) in [4.78, 5) is 26.0. The summed E-state index contributed by atoms with van der Waals surface area (Å²) in [5, 5.41) is 0. The maximum absolute atomic E-state index is 11.5. The van der Waals surface area contributed by atoms with Crippen LogP contribution in [0.25, 0.3) is 11.0 Å². The van der Waals surface area contributed by atoms with E-state index in [0.717, 1.165) is 0 Å². The number of carbonyl (C=O) groups excluding carboxylic acids is 1. The molecule has 0 amide bonds. The van der Waals surface area contributed by atoms with E-state index in [0.29, 0.717) is 23.1 Å². The van der Waals surface area contributed by atoms with E-state index in [2.05, 4.69) is 4.98 Å². The van der Waals surface area contributed by atoms with Crippen LogP contribution in [0.4, 0.5) is 0 Å². The average Bonchev–Trinajstić information content (AvgIpc) is 2.32. The van der Waals surface area contributed by atoms with Crippen molar-refractivity contribution in [1.29, 1.82) is 0 Å². The number of hydrogen-bond donors (Lipinski definition) is 0. The smallest absolute Gasteiger partial charge is 0.269 e. The number of aromatic nitrogens is 2. The highest BCUT2D eigenvalue weighted by Crippen LogP contribution is 2.17. The summed E-state index contributed by atoms with van der Waals surface area (Å²) in [6.45, 7) is 0.0189. The number of rotatable bonds is 3.